The number of anilines is 1. The van der Waals surface area contributed by atoms with Gasteiger partial charge in [-0.25, -0.2) is 4.68 Å². The lowest BCUT2D eigenvalue weighted by molar-refractivity contribution is -0.116. The van der Waals surface area contributed by atoms with E-state index in [0.717, 1.165) is 24.2 Å². The van der Waals surface area contributed by atoms with Gasteiger partial charge in [0.2, 0.25) is 11.1 Å². The van der Waals surface area contributed by atoms with Gasteiger partial charge in [-0.15, -0.1) is 10.2 Å². The highest BCUT2D eigenvalue weighted by Gasteiger charge is 2.37. The normalized spacial score (nSPS) is 18.0. The summed E-state index contributed by atoms with van der Waals surface area (Å²) in [6.45, 7) is 4.15. The molecular formula is C21H22ClN5OS. The number of halogens is 1. The molecule has 0 radical (unpaired) electrons. The molecule has 0 unspecified atom stereocenters. The van der Waals surface area contributed by atoms with E-state index in [4.69, 9.17) is 11.6 Å². The molecule has 0 aliphatic carbocycles. The van der Waals surface area contributed by atoms with Crippen LogP contribution in [0.3, 0.4) is 0 Å². The summed E-state index contributed by atoms with van der Waals surface area (Å²) in [7, 11) is 0. The van der Waals surface area contributed by atoms with Crippen molar-refractivity contribution in [1.29, 1.82) is 0 Å². The molecule has 2 heterocycles. The van der Waals surface area contributed by atoms with E-state index in [1.165, 1.54) is 17.3 Å². The van der Waals surface area contributed by atoms with E-state index < -0.39 is 5.25 Å². The zero-order chi connectivity index (χ0) is 20.4. The van der Waals surface area contributed by atoms with E-state index in [-0.39, 0.29) is 11.9 Å². The predicted molar refractivity (Wildman–Crippen MR) is 117 cm³/mol. The average molecular weight is 428 g/mol. The number of benzene rings is 2. The summed E-state index contributed by atoms with van der Waals surface area (Å²) in [5, 5.41) is 12.3. The second-order valence-corrected chi connectivity index (χ2v) is 8.53. The molecule has 0 bridgehead atoms. The SMILES string of the molecule is CCCc1nnc2n1N[C@H](c1ccc(C)cc1)[C@@H](C(=O)Nc1ccccc1Cl)S2. The number of para-hydroxylation sites is 1. The van der Waals surface area contributed by atoms with E-state index in [1.54, 1.807) is 12.1 Å². The van der Waals surface area contributed by atoms with Gasteiger partial charge >= 0.3 is 0 Å². The molecule has 2 aromatic carbocycles. The highest BCUT2D eigenvalue weighted by molar-refractivity contribution is 8.00. The molecule has 1 aliphatic rings. The van der Waals surface area contributed by atoms with Crippen LogP contribution < -0.4 is 10.7 Å². The van der Waals surface area contributed by atoms with Crippen LogP contribution in [0.25, 0.3) is 0 Å². The molecule has 3 aromatic rings. The van der Waals surface area contributed by atoms with E-state index in [1.807, 2.05) is 23.7 Å². The number of fused-ring (bicyclic) bond motifs is 1. The summed E-state index contributed by atoms with van der Waals surface area (Å²) in [4.78, 5) is 13.2. The Balaban J connectivity index is 1.67. The number of carbonyl (C=O) groups excluding carboxylic acids is 1. The summed E-state index contributed by atoms with van der Waals surface area (Å²) in [6, 6.07) is 15.2. The van der Waals surface area contributed by atoms with E-state index in [9.17, 15) is 4.79 Å². The Labute approximate surface area is 179 Å². The van der Waals surface area contributed by atoms with Gasteiger partial charge in [0.15, 0.2) is 5.82 Å². The highest BCUT2D eigenvalue weighted by atomic mass is 35.5. The largest absolute Gasteiger partial charge is 0.324 e. The molecule has 0 saturated heterocycles. The minimum Gasteiger partial charge on any atom is -0.324 e. The van der Waals surface area contributed by atoms with Crippen LogP contribution in [0.15, 0.2) is 53.7 Å². The van der Waals surface area contributed by atoms with Gasteiger partial charge in [-0.3, -0.25) is 4.79 Å². The number of hydrogen-bond acceptors (Lipinski definition) is 5. The number of hydrogen-bond donors (Lipinski definition) is 2. The van der Waals surface area contributed by atoms with Crippen molar-refractivity contribution >= 4 is 35.0 Å². The second-order valence-electron chi connectivity index (χ2n) is 7.01. The van der Waals surface area contributed by atoms with Crippen LogP contribution in [-0.4, -0.2) is 26.0 Å². The first-order valence-electron chi connectivity index (χ1n) is 9.56. The van der Waals surface area contributed by atoms with Gasteiger partial charge in [-0.05, 0) is 31.0 Å². The number of nitrogens with one attached hydrogen (secondary N) is 2. The molecule has 1 aromatic heterocycles. The lowest BCUT2D eigenvalue weighted by atomic mass is 10.0. The Hall–Kier alpha value is -2.51. The number of thioether (sulfide) groups is 1. The maximum Gasteiger partial charge on any atom is 0.240 e. The Morgan fingerprint density at radius 1 is 1.21 bits per heavy atom. The third-order valence-electron chi connectivity index (χ3n) is 4.80. The van der Waals surface area contributed by atoms with Crippen molar-refractivity contribution < 1.29 is 4.79 Å². The number of aryl methyl sites for hydroxylation is 2. The quantitative estimate of drug-likeness (QED) is 0.623. The van der Waals surface area contributed by atoms with Crippen molar-refractivity contribution in [3.63, 3.8) is 0 Å². The van der Waals surface area contributed by atoms with Crippen LogP contribution in [0, 0.1) is 6.92 Å². The molecule has 1 amide bonds. The van der Waals surface area contributed by atoms with Gasteiger partial charge in [-0.2, -0.15) is 0 Å². The molecule has 2 N–H and O–H groups in total. The maximum atomic E-state index is 13.2. The summed E-state index contributed by atoms with van der Waals surface area (Å²) in [6.07, 6.45) is 1.79. The van der Waals surface area contributed by atoms with E-state index in [2.05, 4.69) is 52.1 Å². The van der Waals surface area contributed by atoms with Crippen LogP contribution in [0.2, 0.25) is 5.02 Å². The first-order chi connectivity index (χ1) is 14.1. The number of carbonyl (C=O) groups is 1. The van der Waals surface area contributed by atoms with Crippen LogP contribution in [0.5, 0.6) is 0 Å². The number of nitrogens with zero attached hydrogens (tertiary/aromatic N) is 3. The molecule has 0 saturated carbocycles. The van der Waals surface area contributed by atoms with Crippen molar-refractivity contribution in [2.24, 2.45) is 0 Å². The fourth-order valence-corrected chi connectivity index (χ4v) is 4.56. The van der Waals surface area contributed by atoms with E-state index in [0.29, 0.717) is 15.9 Å². The van der Waals surface area contributed by atoms with Crippen LogP contribution >= 0.6 is 23.4 Å². The second kappa shape index (κ2) is 8.47. The minimum atomic E-state index is -0.430. The number of rotatable bonds is 5. The van der Waals surface area contributed by atoms with E-state index >= 15 is 0 Å². The molecule has 4 rings (SSSR count). The maximum absolute atomic E-state index is 13.2. The fourth-order valence-electron chi connectivity index (χ4n) is 3.27. The number of aromatic nitrogens is 3. The standard InChI is InChI=1S/C21H22ClN5OS/c1-3-6-17-24-25-21-27(17)26-18(14-11-9-13(2)10-12-14)19(29-21)20(28)23-16-8-5-4-7-15(16)22/h4-5,7-12,18-19,26H,3,6H2,1-2H3,(H,23,28)/t18-,19+/m1/s1. The van der Waals surface area contributed by atoms with Crippen LogP contribution in [-0.2, 0) is 11.2 Å². The lowest BCUT2D eigenvalue weighted by Crippen LogP contribution is -2.41. The topological polar surface area (TPSA) is 71.8 Å². The molecule has 8 heteroatoms. The summed E-state index contributed by atoms with van der Waals surface area (Å²) < 4.78 is 1.91. The van der Waals surface area contributed by atoms with Crippen molar-refractivity contribution in [3.8, 4) is 0 Å². The first-order valence-corrected chi connectivity index (χ1v) is 10.8. The molecule has 29 heavy (non-hydrogen) atoms. The molecular weight excluding hydrogens is 406 g/mol. The monoisotopic (exact) mass is 427 g/mol. The van der Waals surface area contributed by atoms with Gasteiger partial charge < -0.3 is 10.7 Å². The average Bonchev–Trinajstić information content (AvgIpc) is 3.11. The van der Waals surface area contributed by atoms with Gasteiger partial charge in [0.05, 0.1) is 16.8 Å². The first kappa shape index (κ1) is 19.8. The van der Waals surface area contributed by atoms with Gasteiger partial charge in [0.25, 0.3) is 0 Å². The van der Waals surface area contributed by atoms with Crippen molar-refractivity contribution in [2.45, 2.75) is 43.1 Å². The Bertz CT molecular complexity index is 1020. The zero-order valence-electron chi connectivity index (χ0n) is 16.2. The van der Waals surface area contributed by atoms with Crippen molar-refractivity contribution in [1.82, 2.24) is 14.9 Å². The smallest absolute Gasteiger partial charge is 0.240 e. The zero-order valence-corrected chi connectivity index (χ0v) is 17.8. The van der Waals surface area contributed by atoms with Gasteiger partial charge in [0.1, 0.15) is 5.25 Å². The molecule has 150 valence electrons. The molecule has 0 fully saturated rings. The van der Waals surface area contributed by atoms with Crippen LogP contribution in [0.1, 0.15) is 36.3 Å². The molecule has 0 spiro atoms. The predicted octanol–water partition coefficient (Wildman–Crippen LogP) is 4.59. The Morgan fingerprint density at radius 2 is 1.97 bits per heavy atom. The van der Waals surface area contributed by atoms with Crippen LogP contribution in [0.4, 0.5) is 5.69 Å². The Morgan fingerprint density at radius 3 is 2.69 bits per heavy atom. The van der Waals surface area contributed by atoms with Crippen molar-refractivity contribution in [3.05, 3.63) is 70.5 Å². The van der Waals surface area contributed by atoms with Gasteiger partial charge in [0, 0.05) is 6.42 Å². The lowest BCUT2D eigenvalue weighted by Gasteiger charge is -2.33. The Kier molecular flexibility index (Phi) is 5.78. The number of amides is 1. The molecule has 1 aliphatic heterocycles. The summed E-state index contributed by atoms with van der Waals surface area (Å²) in [5.41, 5.74) is 6.28. The van der Waals surface area contributed by atoms with Crippen molar-refractivity contribution in [2.75, 3.05) is 10.7 Å². The van der Waals surface area contributed by atoms with Gasteiger partial charge in [-0.1, -0.05) is 72.2 Å². The highest BCUT2D eigenvalue weighted by Crippen LogP contribution is 2.38. The minimum absolute atomic E-state index is 0.132. The molecule has 6 nitrogen and oxygen atoms in total. The summed E-state index contributed by atoms with van der Waals surface area (Å²) >= 11 is 7.65. The summed E-state index contributed by atoms with van der Waals surface area (Å²) in [5.74, 6) is 0.740. The third-order valence-corrected chi connectivity index (χ3v) is 6.35. The fraction of sp³-hybridized carbons (Fsp3) is 0.286. The third kappa shape index (κ3) is 4.11. The molecule has 2 atom stereocenters.